The molecule has 0 aromatic heterocycles. The number of amides is 4. The van der Waals surface area contributed by atoms with E-state index in [0.717, 1.165) is 17.7 Å². The number of carbonyl (C=O) groups is 3. The summed E-state index contributed by atoms with van der Waals surface area (Å²) in [5.41, 5.74) is 2.49. The quantitative estimate of drug-likeness (QED) is 0.813. The molecule has 0 radical (unpaired) electrons. The van der Waals surface area contributed by atoms with E-state index in [-0.39, 0.29) is 19.0 Å². The van der Waals surface area contributed by atoms with Crippen LogP contribution in [0.4, 0.5) is 16.2 Å². The van der Waals surface area contributed by atoms with Crippen molar-refractivity contribution >= 4 is 29.2 Å². The van der Waals surface area contributed by atoms with Crippen LogP contribution in [0.2, 0.25) is 0 Å². The Balaban J connectivity index is 1.62. The molecule has 1 saturated heterocycles. The van der Waals surface area contributed by atoms with Gasteiger partial charge in [-0.25, -0.2) is 4.79 Å². The SMILES string of the molecule is CCCc1ccc(NC(=O)CN2C(=O)CN(c3ccccc3)C2=O)cc1. The fourth-order valence-corrected chi connectivity index (χ4v) is 2.89. The third-order valence-corrected chi connectivity index (χ3v) is 4.20. The van der Waals surface area contributed by atoms with Crippen LogP contribution in [-0.4, -0.2) is 35.8 Å². The molecule has 0 spiro atoms. The predicted molar refractivity (Wildman–Crippen MR) is 100.0 cm³/mol. The Bertz CT molecular complexity index is 803. The summed E-state index contributed by atoms with van der Waals surface area (Å²) in [6.45, 7) is 1.76. The molecule has 0 aliphatic carbocycles. The number of hydrogen-bond acceptors (Lipinski definition) is 3. The van der Waals surface area contributed by atoms with Gasteiger partial charge in [0.25, 0.3) is 5.91 Å². The van der Waals surface area contributed by atoms with Gasteiger partial charge in [0.05, 0.1) is 0 Å². The number of nitrogens with zero attached hydrogens (tertiary/aromatic N) is 2. The number of para-hydroxylation sites is 1. The van der Waals surface area contributed by atoms with Crippen LogP contribution in [-0.2, 0) is 16.0 Å². The fraction of sp³-hybridized carbons (Fsp3) is 0.250. The van der Waals surface area contributed by atoms with E-state index in [1.54, 1.807) is 24.3 Å². The summed E-state index contributed by atoms with van der Waals surface area (Å²) in [5, 5.41) is 2.73. The number of hydrogen-bond donors (Lipinski definition) is 1. The smallest absolute Gasteiger partial charge is 0.325 e. The number of urea groups is 1. The van der Waals surface area contributed by atoms with Crippen molar-refractivity contribution < 1.29 is 14.4 Å². The second-order valence-corrected chi connectivity index (χ2v) is 6.18. The van der Waals surface area contributed by atoms with Crippen LogP contribution in [0.3, 0.4) is 0 Å². The predicted octanol–water partition coefficient (Wildman–Crippen LogP) is 3.05. The lowest BCUT2D eigenvalue weighted by molar-refractivity contribution is -0.128. The van der Waals surface area contributed by atoms with Crippen molar-refractivity contribution in [2.75, 3.05) is 23.3 Å². The molecule has 0 atom stereocenters. The Labute approximate surface area is 152 Å². The lowest BCUT2D eigenvalue weighted by Crippen LogP contribution is -2.39. The molecular weight excluding hydrogens is 330 g/mol. The van der Waals surface area contributed by atoms with E-state index < -0.39 is 11.9 Å². The third kappa shape index (κ3) is 3.91. The highest BCUT2D eigenvalue weighted by Crippen LogP contribution is 2.20. The van der Waals surface area contributed by atoms with Crippen LogP contribution < -0.4 is 10.2 Å². The van der Waals surface area contributed by atoms with E-state index in [4.69, 9.17) is 0 Å². The van der Waals surface area contributed by atoms with Crippen LogP contribution in [0.15, 0.2) is 54.6 Å². The number of aryl methyl sites for hydroxylation is 1. The molecule has 1 fully saturated rings. The minimum atomic E-state index is -0.477. The second kappa shape index (κ2) is 7.82. The summed E-state index contributed by atoms with van der Waals surface area (Å²) in [6, 6.07) is 16.0. The highest BCUT2D eigenvalue weighted by Gasteiger charge is 2.37. The summed E-state index contributed by atoms with van der Waals surface area (Å²) >= 11 is 0. The lowest BCUT2D eigenvalue weighted by Gasteiger charge is -2.17. The highest BCUT2D eigenvalue weighted by molar-refractivity contribution is 6.14. The summed E-state index contributed by atoms with van der Waals surface area (Å²) in [6.07, 6.45) is 2.04. The van der Waals surface area contributed by atoms with Gasteiger partial charge >= 0.3 is 6.03 Å². The van der Waals surface area contributed by atoms with Gasteiger partial charge in [-0.3, -0.25) is 19.4 Å². The summed E-state index contributed by atoms with van der Waals surface area (Å²) in [4.78, 5) is 39.2. The average molecular weight is 351 g/mol. The molecule has 4 amide bonds. The van der Waals surface area contributed by atoms with Gasteiger partial charge < -0.3 is 5.32 Å². The van der Waals surface area contributed by atoms with E-state index in [1.807, 2.05) is 30.3 Å². The molecule has 1 aliphatic rings. The Morgan fingerprint density at radius 1 is 1.04 bits per heavy atom. The Morgan fingerprint density at radius 2 is 1.73 bits per heavy atom. The van der Waals surface area contributed by atoms with Crippen molar-refractivity contribution in [1.29, 1.82) is 0 Å². The molecular formula is C20H21N3O3. The molecule has 1 aliphatic heterocycles. The number of imide groups is 1. The van der Waals surface area contributed by atoms with Gasteiger partial charge in [-0.2, -0.15) is 0 Å². The number of carbonyl (C=O) groups excluding carboxylic acids is 3. The van der Waals surface area contributed by atoms with Crippen LogP contribution in [0.25, 0.3) is 0 Å². The maximum Gasteiger partial charge on any atom is 0.332 e. The topological polar surface area (TPSA) is 69.7 Å². The molecule has 0 unspecified atom stereocenters. The molecule has 26 heavy (non-hydrogen) atoms. The van der Waals surface area contributed by atoms with E-state index in [9.17, 15) is 14.4 Å². The van der Waals surface area contributed by atoms with Gasteiger partial charge in [-0.1, -0.05) is 43.7 Å². The Morgan fingerprint density at radius 3 is 2.38 bits per heavy atom. The first-order valence-electron chi connectivity index (χ1n) is 8.64. The summed E-state index contributed by atoms with van der Waals surface area (Å²) in [7, 11) is 0. The zero-order chi connectivity index (χ0) is 18.5. The summed E-state index contributed by atoms with van der Waals surface area (Å²) < 4.78 is 0. The molecule has 1 heterocycles. The molecule has 0 bridgehead atoms. The molecule has 0 saturated carbocycles. The van der Waals surface area contributed by atoms with Crippen LogP contribution in [0, 0.1) is 0 Å². The van der Waals surface area contributed by atoms with Gasteiger partial charge in [0, 0.05) is 11.4 Å². The molecule has 6 heteroatoms. The zero-order valence-corrected chi connectivity index (χ0v) is 14.6. The number of benzene rings is 2. The molecule has 134 valence electrons. The fourth-order valence-electron chi connectivity index (χ4n) is 2.89. The molecule has 3 rings (SSSR count). The first kappa shape index (κ1) is 17.7. The van der Waals surface area contributed by atoms with Crippen molar-refractivity contribution in [1.82, 2.24) is 4.90 Å². The van der Waals surface area contributed by atoms with E-state index >= 15 is 0 Å². The normalized spacial score (nSPS) is 14.0. The van der Waals surface area contributed by atoms with Crippen molar-refractivity contribution in [2.24, 2.45) is 0 Å². The molecule has 2 aromatic rings. The van der Waals surface area contributed by atoms with Crippen molar-refractivity contribution in [3.63, 3.8) is 0 Å². The molecule has 1 N–H and O–H groups in total. The van der Waals surface area contributed by atoms with Gasteiger partial charge in [0.15, 0.2) is 0 Å². The van der Waals surface area contributed by atoms with Crippen molar-refractivity contribution in [3.05, 3.63) is 60.2 Å². The maximum absolute atomic E-state index is 12.5. The zero-order valence-electron chi connectivity index (χ0n) is 14.6. The van der Waals surface area contributed by atoms with Gasteiger partial charge in [-0.05, 0) is 36.2 Å². The van der Waals surface area contributed by atoms with Crippen molar-refractivity contribution in [3.8, 4) is 0 Å². The number of nitrogens with one attached hydrogen (secondary N) is 1. The van der Waals surface area contributed by atoms with Gasteiger partial charge in [0.2, 0.25) is 5.91 Å². The largest absolute Gasteiger partial charge is 0.332 e. The highest BCUT2D eigenvalue weighted by atomic mass is 16.2. The summed E-state index contributed by atoms with van der Waals surface area (Å²) in [5.74, 6) is -0.780. The first-order valence-corrected chi connectivity index (χ1v) is 8.64. The lowest BCUT2D eigenvalue weighted by atomic mass is 10.1. The van der Waals surface area contributed by atoms with E-state index in [0.29, 0.717) is 11.4 Å². The number of anilines is 2. The first-order chi connectivity index (χ1) is 12.6. The van der Waals surface area contributed by atoms with Gasteiger partial charge in [0.1, 0.15) is 13.1 Å². The van der Waals surface area contributed by atoms with Crippen LogP contribution in [0.5, 0.6) is 0 Å². The second-order valence-electron chi connectivity index (χ2n) is 6.18. The minimum absolute atomic E-state index is 0.0537. The number of rotatable bonds is 6. The monoisotopic (exact) mass is 351 g/mol. The molecule has 6 nitrogen and oxygen atoms in total. The minimum Gasteiger partial charge on any atom is -0.325 e. The van der Waals surface area contributed by atoms with Crippen LogP contribution in [0.1, 0.15) is 18.9 Å². The van der Waals surface area contributed by atoms with E-state index in [1.165, 1.54) is 10.5 Å². The van der Waals surface area contributed by atoms with Crippen molar-refractivity contribution in [2.45, 2.75) is 19.8 Å². The Kier molecular flexibility index (Phi) is 5.31. The third-order valence-electron chi connectivity index (χ3n) is 4.20. The van der Waals surface area contributed by atoms with E-state index in [2.05, 4.69) is 12.2 Å². The average Bonchev–Trinajstić information content (AvgIpc) is 2.92. The maximum atomic E-state index is 12.5. The van der Waals surface area contributed by atoms with Gasteiger partial charge in [-0.15, -0.1) is 0 Å². The standard InChI is InChI=1S/C20H21N3O3/c1-2-6-15-9-11-16(12-10-15)21-18(24)13-23-19(25)14-22(20(23)26)17-7-4-3-5-8-17/h3-5,7-12H,2,6,13-14H2,1H3,(H,21,24). The Hall–Kier alpha value is -3.15. The van der Waals surface area contributed by atoms with Crippen LogP contribution >= 0.6 is 0 Å². The molecule has 2 aromatic carbocycles.